The van der Waals surface area contributed by atoms with Crippen LogP contribution in [0.5, 0.6) is 23.0 Å². The normalized spacial score (nSPS) is 12.7. The van der Waals surface area contributed by atoms with E-state index in [1.54, 1.807) is 6.92 Å². The minimum atomic E-state index is -6.33. The van der Waals surface area contributed by atoms with Crippen LogP contribution in [0.3, 0.4) is 0 Å². The predicted molar refractivity (Wildman–Crippen MR) is 242 cm³/mol. The van der Waals surface area contributed by atoms with Crippen molar-refractivity contribution < 1.29 is 90.2 Å². The molecule has 6 aromatic carbocycles. The highest BCUT2D eigenvalue weighted by molar-refractivity contribution is 7.92. The number of phenolic OH excluding ortho intramolecular Hbond substituents is 2. The molecular weight excluding hydrogens is 1020 g/mol. The summed E-state index contributed by atoms with van der Waals surface area (Å²) >= 11 is 0. The highest BCUT2D eigenvalue weighted by Crippen LogP contribution is 2.59. The maximum absolute atomic E-state index is 15.4. The zero-order chi connectivity index (χ0) is 54.3. The van der Waals surface area contributed by atoms with E-state index in [4.69, 9.17) is 16.1 Å². The number of sulfonamides is 1. The lowest BCUT2D eigenvalue weighted by Crippen LogP contribution is -2.54. The van der Waals surface area contributed by atoms with E-state index >= 15 is 52.7 Å². The van der Waals surface area contributed by atoms with Crippen LogP contribution in [0.15, 0.2) is 126 Å². The maximum Gasteiger partial charge on any atom is 0.411 e. The molecule has 73 heavy (non-hydrogen) atoms. The number of phenols is 2. The molecule has 0 fully saturated rings. The molecule has 2 amide bonds. The number of alkyl halides is 12. The van der Waals surface area contributed by atoms with E-state index in [0.29, 0.717) is 54.1 Å². The van der Waals surface area contributed by atoms with Gasteiger partial charge in [-0.3, -0.25) is 14.3 Å². The third kappa shape index (κ3) is 10.1. The average molecular weight is 1050 g/mol. The second kappa shape index (κ2) is 19.7. The van der Waals surface area contributed by atoms with Gasteiger partial charge in [-0.1, -0.05) is 48.0 Å². The Morgan fingerprint density at radius 3 is 1.30 bits per heavy atom. The zero-order valence-corrected chi connectivity index (χ0v) is 37.8. The Morgan fingerprint density at radius 1 is 0.507 bits per heavy atom. The van der Waals surface area contributed by atoms with E-state index in [1.807, 2.05) is 15.4 Å². The van der Waals surface area contributed by atoms with Gasteiger partial charge in [0.25, 0.3) is 21.8 Å². The van der Waals surface area contributed by atoms with Crippen LogP contribution in [0.4, 0.5) is 75.4 Å². The Hall–Kier alpha value is -7.70. The molecule has 6 aromatic rings. The van der Waals surface area contributed by atoms with Gasteiger partial charge in [0.1, 0.15) is 23.0 Å². The zero-order valence-electron chi connectivity index (χ0n) is 37.0. The van der Waals surface area contributed by atoms with Crippen molar-refractivity contribution in [2.75, 3.05) is 27.7 Å². The summed E-state index contributed by atoms with van der Waals surface area (Å²) in [6.07, 6.45) is -25.0. The van der Waals surface area contributed by atoms with Crippen molar-refractivity contribution in [3.05, 3.63) is 160 Å². The van der Waals surface area contributed by atoms with Crippen molar-refractivity contribution in [2.45, 2.75) is 47.4 Å². The molecule has 12 nitrogen and oxygen atoms in total. The summed E-state index contributed by atoms with van der Waals surface area (Å²) in [5, 5.41) is 26.9. The maximum atomic E-state index is 15.4. The van der Waals surface area contributed by atoms with Gasteiger partial charge >= 0.3 is 40.8 Å². The first-order valence-electron chi connectivity index (χ1n) is 20.3. The fourth-order valence-corrected chi connectivity index (χ4v) is 8.89. The summed E-state index contributed by atoms with van der Waals surface area (Å²) in [4.78, 5) is 26.7. The Bertz CT molecular complexity index is 3160. The monoisotopic (exact) mass is 1050 g/mol. The molecule has 0 aromatic heterocycles. The van der Waals surface area contributed by atoms with Crippen molar-refractivity contribution in [3.8, 4) is 23.0 Å². The van der Waals surface area contributed by atoms with Gasteiger partial charge in [0, 0.05) is 18.2 Å². The van der Waals surface area contributed by atoms with Crippen LogP contribution < -0.4 is 30.0 Å². The molecule has 4 radical (unpaired) electrons. The number of hydrogen-bond donors (Lipinski definition) is 6. The number of benzene rings is 6. The first kappa shape index (κ1) is 54.6. The second-order valence-corrected chi connectivity index (χ2v) is 17.5. The van der Waals surface area contributed by atoms with E-state index < -0.39 is 141 Å². The Kier molecular flexibility index (Phi) is 14.8. The molecule has 0 aliphatic carbocycles. The largest absolute Gasteiger partial charge is 0.566 e. The number of halogens is 12. The van der Waals surface area contributed by atoms with E-state index in [9.17, 15) is 28.2 Å². The second-order valence-electron chi connectivity index (χ2n) is 15.8. The minimum absolute atomic E-state index is 0.120. The third-order valence-corrected chi connectivity index (χ3v) is 12.7. The highest BCUT2D eigenvalue weighted by Gasteiger charge is 2.74. The van der Waals surface area contributed by atoms with Gasteiger partial charge in [0.15, 0.2) is 0 Å². The number of hydrogen-bond acceptors (Lipinski definition) is 9. The number of carbonyl (C=O) groups is 2. The van der Waals surface area contributed by atoms with E-state index in [-0.39, 0.29) is 24.3 Å². The standard InChI is InChI=1S/C46H32B2F12N4O8S/c1-23-6-12-30(13-7-23)73(69,70)64-34-22-29(11-17-38(34)72-48)42(45(55,56)57,46(58,59)60)27-9-15-36(66)32(20-27)62-39(67)24-4-3-5-25(18-24)40(68)63-33-21-28(10-16-37(33)71-47)41(43(49,50)51,44(52,53)54)26-8-14-35(65)31(19-26)61-2/h3-22,61,64-66H,1-2H3,(H,62,67)(H,63,68). The molecule has 0 unspecified atom stereocenters. The molecule has 0 aliphatic heterocycles. The number of aryl methyl sites for hydroxylation is 1. The third-order valence-electron chi connectivity index (χ3n) is 11.4. The van der Waals surface area contributed by atoms with Crippen LogP contribution >= 0.6 is 0 Å². The first-order valence-corrected chi connectivity index (χ1v) is 21.8. The number of nitrogens with one attached hydrogen (secondary N) is 4. The molecule has 0 atom stereocenters. The summed E-state index contributed by atoms with van der Waals surface area (Å²) in [5.41, 5.74) is -20.2. The molecule has 0 heterocycles. The van der Waals surface area contributed by atoms with Gasteiger partial charge in [0.05, 0.1) is 27.6 Å². The van der Waals surface area contributed by atoms with Gasteiger partial charge in [-0.25, -0.2) is 8.42 Å². The van der Waals surface area contributed by atoms with E-state index in [0.717, 1.165) is 43.4 Å². The smallest absolute Gasteiger partial charge is 0.411 e. The lowest BCUT2D eigenvalue weighted by atomic mass is 9.72. The first-order chi connectivity index (χ1) is 33.9. The summed E-state index contributed by atoms with van der Waals surface area (Å²) in [6.45, 7) is 1.61. The van der Waals surface area contributed by atoms with Crippen LogP contribution in [-0.2, 0) is 20.9 Å². The van der Waals surface area contributed by atoms with Gasteiger partial charge < -0.3 is 35.5 Å². The molecule has 0 aliphatic rings. The van der Waals surface area contributed by atoms with Gasteiger partial charge in [-0.2, -0.15) is 52.7 Å². The molecule has 0 spiro atoms. The molecule has 0 saturated carbocycles. The topological polar surface area (TPSA) is 175 Å². The Morgan fingerprint density at radius 2 is 0.877 bits per heavy atom. The van der Waals surface area contributed by atoms with E-state index in [2.05, 4.69) is 14.6 Å². The average Bonchev–Trinajstić information content (AvgIpc) is 3.29. The number of carbonyl (C=O) groups excluding carboxylic acids is 2. The lowest BCUT2D eigenvalue weighted by Gasteiger charge is -2.38. The molecule has 0 bridgehead atoms. The molecule has 6 rings (SSSR count). The SMILES string of the molecule is [B]Oc1ccc(C(c2ccc(O)c(NC)c2)(C(F)(F)F)C(F)(F)F)cc1NC(=O)c1cccc(C(=O)Nc2cc(C(c3ccc(O[B])c(NS(=O)(=O)c4ccc(C)cc4)c3)(C(F)(F)F)C(F)(F)F)ccc2O)c1. The van der Waals surface area contributed by atoms with Crippen molar-refractivity contribution in [3.63, 3.8) is 0 Å². The quantitative estimate of drug-likeness (QED) is 0.0352. The molecule has 6 N–H and O–H groups in total. The lowest BCUT2D eigenvalue weighted by molar-refractivity contribution is -0.290. The van der Waals surface area contributed by atoms with Crippen molar-refractivity contribution >= 4 is 60.7 Å². The number of rotatable bonds is 14. The van der Waals surface area contributed by atoms with Crippen molar-refractivity contribution in [1.29, 1.82) is 0 Å². The number of amides is 2. The number of anilines is 4. The van der Waals surface area contributed by atoms with Crippen molar-refractivity contribution in [2.24, 2.45) is 0 Å². The summed E-state index contributed by atoms with van der Waals surface area (Å²) in [5.74, 6) is -5.96. The van der Waals surface area contributed by atoms with E-state index in [1.165, 1.54) is 12.1 Å². The fraction of sp³-hybridized carbons (Fsp3) is 0.174. The Labute approximate surface area is 408 Å². The van der Waals surface area contributed by atoms with Crippen LogP contribution in [0, 0.1) is 6.92 Å². The van der Waals surface area contributed by atoms with Crippen molar-refractivity contribution in [1.82, 2.24) is 0 Å². The molecular formula is C46H32B2F12N4O8S. The van der Waals surface area contributed by atoms with Crippen LogP contribution in [0.2, 0.25) is 0 Å². The van der Waals surface area contributed by atoms with Gasteiger partial charge in [-0.15, -0.1) is 0 Å². The molecule has 380 valence electrons. The number of aromatic hydroxyl groups is 2. The van der Waals surface area contributed by atoms with Crippen LogP contribution in [0.25, 0.3) is 0 Å². The summed E-state index contributed by atoms with van der Waals surface area (Å²) in [7, 11) is 6.82. The molecule has 27 heteroatoms. The summed E-state index contributed by atoms with van der Waals surface area (Å²) in [6, 6.07) is 12.9. The predicted octanol–water partition coefficient (Wildman–Crippen LogP) is 10.5. The van der Waals surface area contributed by atoms with Crippen LogP contribution in [-0.4, -0.2) is 78.3 Å². The molecule has 0 saturated heterocycles. The highest BCUT2D eigenvalue weighted by atomic mass is 32.2. The Balaban J connectivity index is 1.37. The van der Waals surface area contributed by atoms with Crippen LogP contribution in [0.1, 0.15) is 48.5 Å². The van der Waals surface area contributed by atoms with Gasteiger partial charge in [-0.05, 0) is 108 Å². The minimum Gasteiger partial charge on any atom is -0.566 e. The summed E-state index contributed by atoms with van der Waals surface area (Å²) < 4.78 is 220. The van der Waals surface area contributed by atoms with Gasteiger partial charge in [0.2, 0.25) is 10.8 Å². The fourth-order valence-electron chi connectivity index (χ4n) is 7.82.